The van der Waals surface area contributed by atoms with Gasteiger partial charge in [0, 0.05) is 12.6 Å². The van der Waals surface area contributed by atoms with Gasteiger partial charge in [-0.1, -0.05) is 26.7 Å². The largest absolute Gasteiger partial charge is 0.366 e. The second kappa shape index (κ2) is 6.74. The van der Waals surface area contributed by atoms with Crippen LogP contribution in [0.4, 0.5) is 14.6 Å². The molecule has 1 rings (SSSR count). The zero-order valence-corrected chi connectivity index (χ0v) is 10.8. The summed E-state index contributed by atoms with van der Waals surface area (Å²) in [7, 11) is 0. The van der Waals surface area contributed by atoms with Gasteiger partial charge in [-0.05, 0) is 5.92 Å². The number of alkyl halides is 1. The summed E-state index contributed by atoms with van der Waals surface area (Å²) in [5.74, 6) is -0.954. The van der Waals surface area contributed by atoms with E-state index in [1.165, 1.54) is 0 Å². The van der Waals surface area contributed by atoms with Crippen molar-refractivity contribution in [2.75, 3.05) is 11.9 Å². The Morgan fingerprint density at radius 1 is 1.35 bits per heavy atom. The van der Waals surface area contributed by atoms with E-state index < -0.39 is 11.6 Å². The molecule has 0 aliphatic carbocycles. The van der Waals surface area contributed by atoms with Crippen LogP contribution in [0.1, 0.15) is 26.7 Å². The first kappa shape index (κ1) is 14.2. The molecule has 0 spiro atoms. The van der Waals surface area contributed by atoms with E-state index in [0.29, 0.717) is 12.5 Å². The quantitative estimate of drug-likeness (QED) is 0.789. The molecule has 1 aromatic heterocycles. The Kier molecular flexibility index (Phi) is 5.62. The Morgan fingerprint density at radius 3 is 2.53 bits per heavy atom. The van der Waals surface area contributed by atoms with E-state index in [1.807, 2.05) is 0 Å². The third-order valence-corrected chi connectivity index (χ3v) is 3.34. The molecule has 1 unspecified atom stereocenters. The van der Waals surface area contributed by atoms with Crippen molar-refractivity contribution in [1.29, 1.82) is 0 Å². The summed E-state index contributed by atoms with van der Waals surface area (Å²) >= 11 is 6.19. The normalized spacial score (nSPS) is 12.8. The van der Waals surface area contributed by atoms with Crippen LogP contribution < -0.4 is 5.32 Å². The Morgan fingerprint density at radius 2 is 2.00 bits per heavy atom. The van der Waals surface area contributed by atoms with E-state index >= 15 is 0 Å². The molecule has 0 saturated carbocycles. The average Bonchev–Trinajstić information content (AvgIpc) is 2.29. The molecule has 0 aliphatic rings. The molecule has 2 nitrogen and oxygen atoms in total. The number of nitrogens with one attached hydrogen (secondary N) is 1. The predicted octanol–water partition coefficient (Wildman–Crippen LogP) is 3.82. The fraction of sp³-hybridized carbons (Fsp3) is 0.583. The maximum Gasteiger partial charge on any atom is 0.168 e. The first-order chi connectivity index (χ1) is 8.08. The molecule has 0 radical (unpaired) electrons. The van der Waals surface area contributed by atoms with Crippen LogP contribution in [0.25, 0.3) is 0 Å². The van der Waals surface area contributed by atoms with Gasteiger partial charge in [0.1, 0.15) is 5.82 Å². The highest BCUT2D eigenvalue weighted by molar-refractivity contribution is 6.21. The molecule has 96 valence electrons. The van der Waals surface area contributed by atoms with Crippen molar-refractivity contribution in [3.05, 3.63) is 23.9 Å². The molecule has 1 N–H and O–H groups in total. The maximum absolute atomic E-state index is 13.3. The van der Waals surface area contributed by atoms with E-state index in [-0.39, 0.29) is 11.2 Å². The van der Waals surface area contributed by atoms with Crippen molar-refractivity contribution in [2.24, 2.45) is 5.92 Å². The number of anilines is 1. The molecule has 0 saturated heterocycles. The highest BCUT2D eigenvalue weighted by atomic mass is 35.5. The van der Waals surface area contributed by atoms with Crippen molar-refractivity contribution in [2.45, 2.75) is 32.1 Å². The number of nitrogens with zero attached hydrogens (tertiary/aromatic N) is 1. The van der Waals surface area contributed by atoms with Crippen LogP contribution in [-0.2, 0) is 0 Å². The molecule has 0 aliphatic heterocycles. The zero-order valence-electron chi connectivity index (χ0n) is 10.0. The lowest BCUT2D eigenvalue weighted by Crippen LogP contribution is -2.23. The number of hydrogen-bond acceptors (Lipinski definition) is 2. The summed E-state index contributed by atoms with van der Waals surface area (Å²) < 4.78 is 25.9. The van der Waals surface area contributed by atoms with Gasteiger partial charge in [-0.25, -0.2) is 13.8 Å². The average molecular weight is 263 g/mol. The molecule has 0 fully saturated rings. The Labute approximate surface area is 105 Å². The van der Waals surface area contributed by atoms with Crippen molar-refractivity contribution in [3.8, 4) is 0 Å². The molecule has 0 aromatic carbocycles. The number of halogens is 3. The van der Waals surface area contributed by atoms with Gasteiger partial charge in [-0.15, -0.1) is 11.6 Å². The number of aromatic nitrogens is 1. The Hall–Kier alpha value is -0.900. The Balaban J connectivity index is 2.55. The van der Waals surface area contributed by atoms with E-state index in [4.69, 9.17) is 11.6 Å². The third-order valence-electron chi connectivity index (χ3n) is 2.83. The summed E-state index contributed by atoms with van der Waals surface area (Å²) in [6.45, 7) is 4.56. The molecule has 17 heavy (non-hydrogen) atoms. The molecule has 1 heterocycles. The fourth-order valence-corrected chi connectivity index (χ4v) is 2.14. The number of hydrogen-bond donors (Lipinski definition) is 1. The van der Waals surface area contributed by atoms with E-state index in [2.05, 4.69) is 24.1 Å². The molecule has 1 aromatic rings. The Bertz CT molecular complexity index is 356. The SMILES string of the molecule is CCC(CC)C(Cl)CNc1ncc(F)cc1F. The summed E-state index contributed by atoms with van der Waals surface area (Å²) in [5.41, 5.74) is 0. The minimum absolute atomic E-state index is 0.0445. The van der Waals surface area contributed by atoms with Gasteiger partial charge in [0.2, 0.25) is 0 Å². The lowest BCUT2D eigenvalue weighted by Gasteiger charge is -2.19. The molecular formula is C12H17ClF2N2. The molecule has 5 heteroatoms. The van der Waals surface area contributed by atoms with Gasteiger partial charge < -0.3 is 5.32 Å². The summed E-state index contributed by atoms with van der Waals surface area (Å²) in [5, 5.41) is 2.72. The van der Waals surface area contributed by atoms with E-state index in [0.717, 1.165) is 25.1 Å². The van der Waals surface area contributed by atoms with Crippen LogP contribution in [0.15, 0.2) is 12.3 Å². The summed E-state index contributed by atoms with van der Waals surface area (Å²) in [4.78, 5) is 3.64. The first-order valence-corrected chi connectivity index (χ1v) is 6.21. The van der Waals surface area contributed by atoms with Crippen LogP contribution in [-0.4, -0.2) is 16.9 Å². The van der Waals surface area contributed by atoms with Crippen LogP contribution in [0.3, 0.4) is 0 Å². The minimum atomic E-state index is -0.696. The van der Waals surface area contributed by atoms with Gasteiger partial charge >= 0.3 is 0 Å². The maximum atomic E-state index is 13.3. The van der Waals surface area contributed by atoms with Gasteiger partial charge in [0.05, 0.1) is 11.6 Å². The van der Waals surface area contributed by atoms with Crippen molar-refractivity contribution >= 4 is 17.4 Å². The van der Waals surface area contributed by atoms with Gasteiger partial charge in [0.25, 0.3) is 0 Å². The lowest BCUT2D eigenvalue weighted by molar-refractivity contribution is 0.474. The van der Waals surface area contributed by atoms with Crippen LogP contribution >= 0.6 is 11.6 Å². The van der Waals surface area contributed by atoms with Gasteiger partial charge in [-0.3, -0.25) is 0 Å². The van der Waals surface area contributed by atoms with Gasteiger partial charge in [-0.2, -0.15) is 0 Å². The summed E-state index contributed by atoms with van der Waals surface area (Å²) in [6.07, 6.45) is 2.93. The van der Waals surface area contributed by atoms with E-state index in [1.54, 1.807) is 0 Å². The molecular weight excluding hydrogens is 246 g/mol. The smallest absolute Gasteiger partial charge is 0.168 e. The number of rotatable bonds is 6. The van der Waals surface area contributed by atoms with Crippen molar-refractivity contribution in [1.82, 2.24) is 4.98 Å². The second-order valence-corrected chi connectivity index (χ2v) is 4.52. The lowest BCUT2D eigenvalue weighted by atomic mass is 9.99. The van der Waals surface area contributed by atoms with E-state index in [9.17, 15) is 8.78 Å². The van der Waals surface area contributed by atoms with Crippen LogP contribution in [0.5, 0.6) is 0 Å². The summed E-state index contributed by atoms with van der Waals surface area (Å²) in [6, 6.07) is 0.801. The van der Waals surface area contributed by atoms with Crippen molar-refractivity contribution < 1.29 is 8.78 Å². The van der Waals surface area contributed by atoms with Crippen molar-refractivity contribution in [3.63, 3.8) is 0 Å². The molecule has 0 amide bonds. The predicted molar refractivity (Wildman–Crippen MR) is 66.4 cm³/mol. The molecule has 1 atom stereocenters. The highest BCUT2D eigenvalue weighted by Gasteiger charge is 2.16. The van der Waals surface area contributed by atoms with Gasteiger partial charge in [0.15, 0.2) is 11.6 Å². The zero-order chi connectivity index (χ0) is 12.8. The second-order valence-electron chi connectivity index (χ2n) is 3.96. The van der Waals surface area contributed by atoms with Crippen LogP contribution in [0.2, 0.25) is 0 Å². The van der Waals surface area contributed by atoms with Crippen LogP contribution in [0, 0.1) is 17.6 Å². The standard InChI is InChI=1S/C12H17ClF2N2/c1-3-8(4-2)10(13)7-17-12-11(15)5-9(14)6-16-12/h5-6,8,10H,3-4,7H2,1-2H3,(H,16,17). The third kappa shape index (κ3) is 4.11. The monoisotopic (exact) mass is 262 g/mol. The highest BCUT2D eigenvalue weighted by Crippen LogP contribution is 2.19. The minimum Gasteiger partial charge on any atom is -0.366 e. The fourth-order valence-electron chi connectivity index (χ4n) is 1.71. The number of pyridine rings is 1. The molecule has 0 bridgehead atoms. The first-order valence-electron chi connectivity index (χ1n) is 5.77. The topological polar surface area (TPSA) is 24.9 Å².